The third-order valence-corrected chi connectivity index (χ3v) is 6.86. The van der Waals surface area contributed by atoms with Crippen molar-refractivity contribution in [1.29, 1.82) is 0 Å². The van der Waals surface area contributed by atoms with E-state index in [1.165, 1.54) is 11.2 Å². The largest absolute Gasteiger partial charge is 0.465 e. The smallest absolute Gasteiger partial charge is 0.407 e. The summed E-state index contributed by atoms with van der Waals surface area (Å²) in [7, 11) is -3.16. The normalized spacial score (nSPS) is 15.8. The van der Waals surface area contributed by atoms with Crippen molar-refractivity contribution in [3.63, 3.8) is 0 Å². The molecule has 1 amide bonds. The molecule has 0 spiro atoms. The van der Waals surface area contributed by atoms with Gasteiger partial charge in [0.15, 0.2) is 9.84 Å². The predicted molar refractivity (Wildman–Crippen MR) is 104 cm³/mol. The van der Waals surface area contributed by atoms with Crippen LogP contribution >= 0.6 is 11.3 Å². The summed E-state index contributed by atoms with van der Waals surface area (Å²) in [6.45, 7) is 2.40. The first kappa shape index (κ1) is 19.8. The van der Waals surface area contributed by atoms with Crippen LogP contribution in [0.1, 0.15) is 35.0 Å². The van der Waals surface area contributed by atoms with Crippen molar-refractivity contribution in [3.8, 4) is 0 Å². The number of piperidine rings is 1. The van der Waals surface area contributed by atoms with E-state index in [1.807, 2.05) is 17.5 Å². The van der Waals surface area contributed by atoms with Crippen LogP contribution in [0, 0.1) is 0 Å². The van der Waals surface area contributed by atoms with Gasteiger partial charge in [-0.15, -0.1) is 11.3 Å². The minimum absolute atomic E-state index is 0.323. The van der Waals surface area contributed by atoms with Crippen LogP contribution in [-0.4, -0.2) is 48.8 Å². The van der Waals surface area contributed by atoms with E-state index in [0.717, 1.165) is 29.1 Å². The molecule has 2 aromatic rings. The number of nitrogens with zero attached hydrogens (tertiary/aromatic N) is 2. The molecular weight excluding hydrogens is 386 g/mol. The second-order valence-electron chi connectivity index (χ2n) is 6.74. The fourth-order valence-corrected chi connectivity index (χ4v) is 4.72. The molecule has 0 radical (unpaired) electrons. The van der Waals surface area contributed by atoms with Gasteiger partial charge in [-0.3, -0.25) is 0 Å². The Morgan fingerprint density at radius 2 is 1.93 bits per heavy atom. The molecule has 146 valence electrons. The van der Waals surface area contributed by atoms with Crippen molar-refractivity contribution < 1.29 is 18.3 Å². The molecular formula is C18H23N3O4S2. The first-order valence-corrected chi connectivity index (χ1v) is 11.5. The number of nitrogens with one attached hydrogen (secondary N) is 1. The van der Waals surface area contributed by atoms with Crippen LogP contribution in [0.4, 0.5) is 4.79 Å². The SMILES string of the molecule is CS(=O)(=O)c1ccc(CNCc2csc(C3CCN(C(=O)O)CC3)n2)cc1. The average molecular weight is 410 g/mol. The van der Waals surface area contributed by atoms with Crippen LogP contribution in [0.5, 0.6) is 0 Å². The second kappa shape index (κ2) is 8.37. The first-order valence-electron chi connectivity index (χ1n) is 8.75. The van der Waals surface area contributed by atoms with Gasteiger partial charge in [-0.25, -0.2) is 18.2 Å². The molecule has 9 heteroatoms. The zero-order chi connectivity index (χ0) is 19.4. The molecule has 7 nitrogen and oxygen atoms in total. The quantitative estimate of drug-likeness (QED) is 0.761. The van der Waals surface area contributed by atoms with Crippen LogP contribution in [0.2, 0.25) is 0 Å². The Kier molecular flexibility index (Phi) is 6.13. The summed E-state index contributed by atoms with van der Waals surface area (Å²) in [5.74, 6) is 0.336. The van der Waals surface area contributed by atoms with Gasteiger partial charge in [0, 0.05) is 43.7 Å². The van der Waals surface area contributed by atoms with Gasteiger partial charge in [-0.05, 0) is 30.5 Å². The molecule has 0 unspecified atom stereocenters. The molecule has 1 aromatic carbocycles. The number of thiazole rings is 1. The summed E-state index contributed by atoms with van der Waals surface area (Å²) in [5, 5.41) is 15.5. The summed E-state index contributed by atoms with van der Waals surface area (Å²) in [4.78, 5) is 17.5. The van der Waals surface area contributed by atoms with E-state index in [1.54, 1.807) is 23.5 Å². The number of carbonyl (C=O) groups is 1. The van der Waals surface area contributed by atoms with Crippen LogP contribution in [0.15, 0.2) is 34.5 Å². The van der Waals surface area contributed by atoms with Crippen LogP contribution in [-0.2, 0) is 22.9 Å². The zero-order valence-electron chi connectivity index (χ0n) is 15.1. The van der Waals surface area contributed by atoms with E-state index in [2.05, 4.69) is 5.32 Å². The number of likely N-dealkylation sites (tertiary alicyclic amines) is 1. The van der Waals surface area contributed by atoms with Crippen molar-refractivity contribution in [1.82, 2.24) is 15.2 Å². The highest BCUT2D eigenvalue weighted by Crippen LogP contribution is 2.30. The van der Waals surface area contributed by atoms with Gasteiger partial charge >= 0.3 is 6.09 Å². The Labute approximate surface area is 163 Å². The Morgan fingerprint density at radius 3 is 2.52 bits per heavy atom. The van der Waals surface area contributed by atoms with Gasteiger partial charge in [0.05, 0.1) is 15.6 Å². The van der Waals surface area contributed by atoms with Gasteiger partial charge in [-0.2, -0.15) is 0 Å². The molecule has 0 bridgehead atoms. The van der Waals surface area contributed by atoms with Crippen LogP contribution < -0.4 is 5.32 Å². The Bertz CT molecular complexity index is 886. The number of carboxylic acid groups (broad SMARTS) is 1. The van der Waals surface area contributed by atoms with Crippen LogP contribution in [0.3, 0.4) is 0 Å². The van der Waals surface area contributed by atoms with Crippen molar-refractivity contribution in [2.24, 2.45) is 0 Å². The van der Waals surface area contributed by atoms with Crippen molar-refractivity contribution in [3.05, 3.63) is 45.9 Å². The summed E-state index contributed by atoms with van der Waals surface area (Å²) < 4.78 is 22.9. The number of aromatic nitrogens is 1. The average Bonchev–Trinajstić information content (AvgIpc) is 3.10. The van der Waals surface area contributed by atoms with E-state index in [-0.39, 0.29) is 0 Å². The molecule has 3 rings (SSSR count). The maximum Gasteiger partial charge on any atom is 0.407 e. The molecule has 1 aliphatic heterocycles. The highest BCUT2D eigenvalue weighted by atomic mass is 32.2. The number of hydrogen-bond donors (Lipinski definition) is 2. The van der Waals surface area contributed by atoms with Gasteiger partial charge in [-0.1, -0.05) is 12.1 Å². The zero-order valence-corrected chi connectivity index (χ0v) is 16.7. The molecule has 0 aliphatic carbocycles. The lowest BCUT2D eigenvalue weighted by Gasteiger charge is -2.28. The molecule has 0 saturated carbocycles. The molecule has 2 N–H and O–H groups in total. The fraction of sp³-hybridized carbons (Fsp3) is 0.444. The van der Waals surface area contributed by atoms with Gasteiger partial charge in [0.25, 0.3) is 0 Å². The summed E-state index contributed by atoms with van der Waals surface area (Å²) >= 11 is 1.63. The van der Waals surface area contributed by atoms with Gasteiger partial charge in [0.2, 0.25) is 0 Å². The topological polar surface area (TPSA) is 99.6 Å². The predicted octanol–water partition coefficient (Wildman–Crippen LogP) is 2.69. The Balaban J connectivity index is 1.48. The minimum Gasteiger partial charge on any atom is -0.465 e. The second-order valence-corrected chi connectivity index (χ2v) is 9.65. The monoisotopic (exact) mass is 409 g/mol. The third kappa shape index (κ3) is 5.27. The van der Waals surface area contributed by atoms with E-state index in [9.17, 15) is 13.2 Å². The number of hydrogen-bond acceptors (Lipinski definition) is 6. The number of benzene rings is 1. The Hall–Kier alpha value is -1.97. The maximum atomic E-state index is 11.5. The molecule has 0 atom stereocenters. The first-order chi connectivity index (χ1) is 12.8. The highest BCUT2D eigenvalue weighted by molar-refractivity contribution is 7.90. The summed E-state index contributed by atoms with van der Waals surface area (Å²) in [6, 6.07) is 6.87. The van der Waals surface area contributed by atoms with E-state index >= 15 is 0 Å². The lowest BCUT2D eigenvalue weighted by atomic mass is 9.98. The lowest BCUT2D eigenvalue weighted by Crippen LogP contribution is -2.36. The number of amides is 1. The fourth-order valence-electron chi connectivity index (χ4n) is 3.10. The molecule has 1 fully saturated rings. The summed E-state index contributed by atoms with van der Waals surface area (Å²) in [5.41, 5.74) is 1.99. The van der Waals surface area contributed by atoms with Gasteiger partial charge in [0.1, 0.15) is 0 Å². The van der Waals surface area contributed by atoms with Crippen LogP contribution in [0.25, 0.3) is 0 Å². The number of rotatable bonds is 6. The van der Waals surface area contributed by atoms with Crippen molar-refractivity contribution in [2.45, 2.75) is 36.7 Å². The van der Waals surface area contributed by atoms with E-state index in [4.69, 9.17) is 10.1 Å². The molecule has 2 heterocycles. The highest BCUT2D eigenvalue weighted by Gasteiger charge is 2.25. The molecule has 1 aliphatic rings. The Morgan fingerprint density at radius 1 is 1.26 bits per heavy atom. The molecule has 27 heavy (non-hydrogen) atoms. The van der Waals surface area contributed by atoms with E-state index < -0.39 is 15.9 Å². The van der Waals surface area contributed by atoms with Crippen molar-refractivity contribution >= 4 is 27.3 Å². The lowest BCUT2D eigenvalue weighted by molar-refractivity contribution is 0.132. The summed E-state index contributed by atoms with van der Waals surface area (Å²) in [6.07, 6.45) is 1.99. The maximum absolute atomic E-state index is 11.5. The van der Waals surface area contributed by atoms with E-state index in [0.29, 0.717) is 37.0 Å². The minimum atomic E-state index is -3.16. The van der Waals surface area contributed by atoms with Gasteiger partial charge < -0.3 is 15.3 Å². The molecule has 1 saturated heterocycles. The van der Waals surface area contributed by atoms with Crippen molar-refractivity contribution in [2.75, 3.05) is 19.3 Å². The third-order valence-electron chi connectivity index (χ3n) is 4.67. The number of sulfone groups is 1. The molecule has 1 aromatic heterocycles. The standard InChI is InChI=1S/C18H23N3O4S2/c1-27(24,25)16-4-2-13(3-5-16)10-19-11-15-12-26-17(20-15)14-6-8-21(9-7-14)18(22)23/h2-5,12,14,19H,6-11H2,1H3,(H,22,23).